The standard InChI is InChI=1S/C10H18N4O/c1-6(2)13(4)10(15)9-8(11)7(3)12-14(9)5/h6H,11H2,1-5H3. The largest absolute Gasteiger partial charge is 0.395 e. The number of nitrogens with two attached hydrogens (primary N) is 1. The molecule has 0 spiro atoms. The predicted molar refractivity (Wildman–Crippen MR) is 59.6 cm³/mol. The monoisotopic (exact) mass is 210 g/mol. The number of aromatic nitrogens is 2. The summed E-state index contributed by atoms with van der Waals surface area (Å²) >= 11 is 0. The van der Waals surface area contributed by atoms with Gasteiger partial charge in [-0.1, -0.05) is 0 Å². The Labute approximate surface area is 89.9 Å². The van der Waals surface area contributed by atoms with Gasteiger partial charge in [-0.2, -0.15) is 5.10 Å². The maximum absolute atomic E-state index is 12.0. The van der Waals surface area contributed by atoms with Gasteiger partial charge in [0.1, 0.15) is 5.69 Å². The van der Waals surface area contributed by atoms with Crippen LogP contribution >= 0.6 is 0 Å². The van der Waals surface area contributed by atoms with Crippen molar-refractivity contribution in [1.29, 1.82) is 0 Å². The van der Waals surface area contributed by atoms with Crippen molar-refractivity contribution in [3.05, 3.63) is 11.4 Å². The number of carbonyl (C=O) groups excluding carboxylic acids is 1. The Morgan fingerprint density at radius 1 is 1.53 bits per heavy atom. The lowest BCUT2D eigenvalue weighted by molar-refractivity contribution is 0.0745. The molecule has 0 bridgehead atoms. The molecular formula is C10H18N4O. The van der Waals surface area contributed by atoms with Crippen LogP contribution in [0.15, 0.2) is 0 Å². The van der Waals surface area contributed by atoms with E-state index < -0.39 is 0 Å². The zero-order valence-corrected chi connectivity index (χ0v) is 9.90. The minimum absolute atomic E-state index is 0.0920. The molecule has 0 aliphatic carbocycles. The summed E-state index contributed by atoms with van der Waals surface area (Å²) in [6.07, 6.45) is 0. The topological polar surface area (TPSA) is 64.2 Å². The van der Waals surface area contributed by atoms with E-state index in [4.69, 9.17) is 5.73 Å². The molecule has 84 valence electrons. The van der Waals surface area contributed by atoms with E-state index in [1.165, 1.54) is 4.68 Å². The normalized spacial score (nSPS) is 10.8. The number of hydrogen-bond donors (Lipinski definition) is 1. The SMILES string of the molecule is Cc1nn(C)c(C(=O)N(C)C(C)C)c1N. The van der Waals surface area contributed by atoms with E-state index in [9.17, 15) is 4.79 Å². The average Bonchev–Trinajstić information content (AvgIpc) is 2.39. The molecule has 0 radical (unpaired) electrons. The number of nitrogens with zero attached hydrogens (tertiary/aromatic N) is 3. The van der Waals surface area contributed by atoms with Crippen molar-refractivity contribution in [3.63, 3.8) is 0 Å². The van der Waals surface area contributed by atoms with Crippen LogP contribution in [-0.2, 0) is 7.05 Å². The highest BCUT2D eigenvalue weighted by Gasteiger charge is 2.22. The van der Waals surface area contributed by atoms with Crippen molar-refractivity contribution in [2.75, 3.05) is 12.8 Å². The Kier molecular flexibility index (Phi) is 3.02. The van der Waals surface area contributed by atoms with Gasteiger partial charge in [-0.05, 0) is 20.8 Å². The summed E-state index contributed by atoms with van der Waals surface area (Å²) in [6, 6.07) is 0.145. The van der Waals surface area contributed by atoms with E-state index in [1.807, 2.05) is 13.8 Å². The molecule has 0 aliphatic heterocycles. The molecule has 1 heterocycles. The van der Waals surface area contributed by atoms with Gasteiger partial charge in [0.15, 0.2) is 0 Å². The molecule has 0 atom stereocenters. The first kappa shape index (κ1) is 11.6. The fourth-order valence-corrected chi connectivity index (χ4v) is 1.33. The third-order valence-corrected chi connectivity index (χ3v) is 2.57. The van der Waals surface area contributed by atoms with E-state index in [2.05, 4.69) is 5.10 Å². The summed E-state index contributed by atoms with van der Waals surface area (Å²) in [5, 5.41) is 4.12. The smallest absolute Gasteiger partial charge is 0.274 e. The van der Waals surface area contributed by atoms with Gasteiger partial charge < -0.3 is 10.6 Å². The maximum Gasteiger partial charge on any atom is 0.274 e. The molecule has 2 N–H and O–H groups in total. The fourth-order valence-electron chi connectivity index (χ4n) is 1.33. The average molecular weight is 210 g/mol. The Morgan fingerprint density at radius 2 is 2.07 bits per heavy atom. The van der Waals surface area contributed by atoms with Crippen LogP contribution in [0.3, 0.4) is 0 Å². The molecule has 15 heavy (non-hydrogen) atoms. The molecule has 0 fully saturated rings. The highest BCUT2D eigenvalue weighted by molar-refractivity contribution is 5.97. The van der Waals surface area contributed by atoms with Crippen LogP contribution in [0, 0.1) is 6.92 Å². The van der Waals surface area contributed by atoms with Gasteiger partial charge in [0.25, 0.3) is 5.91 Å². The van der Waals surface area contributed by atoms with Gasteiger partial charge in [0.2, 0.25) is 0 Å². The van der Waals surface area contributed by atoms with Crippen molar-refractivity contribution < 1.29 is 4.79 Å². The molecule has 1 aromatic heterocycles. The third kappa shape index (κ3) is 1.95. The number of anilines is 1. The zero-order chi connectivity index (χ0) is 11.7. The Bertz CT molecular complexity index is 381. The van der Waals surface area contributed by atoms with Crippen LogP contribution < -0.4 is 5.73 Å². The molecule has 0 saturated heterocycles. The number of amides is 1. The van der Waals surface area contributed by atoms with Crippen molar-refractivity contribution in [2.45, 2.75) is 26.8 Å². The first-order chi connectivity index (χ1) is 6.86. The highest BCUT2D eigenvalue weighted by atomic mass is 16.2. The number of hydrogen-bond acceptors (Lipinski definition) is 3. The van der Waals surface area contributed by atoms with Gasteiger partial charge in [-0.15, -0.1) is 0 Å². The zero-order valence-electron chi connectivity index (χ0n) is 9.90. The summed E-state index contributed by atoms with van der Waals surface area (Å²) < 4.78 is 1.53. The van der Waals surface area contributed by atoms with Gasteiger partial charge in [0, 0.05) is 20.1 Å². The van der Waals surface area contributed by atoms with Gasteiger partial charge in [0.05, 0.1) is 11.4 Å². The van der Waals surface area contributed by atoms with Gasteiger partial charge >= 0.3 is 0 Å². The summed E-state index contributed by atoms with van der Waals surface area (Å²) in [4.78, 5) is 13.7. The van der Waals surface area contributed by atoms with E-state index in [0.29, 0.717) is 17.1 Å². The van der Waals surface area contributed by atoms with E-state index in [-0.39, 0.29) is 11.9 Å². The molecule has 0 saturated carbocycles. The lowest BCUT2D eigenvalue weighted by Gasteiger charge is -2.21. The summed E-state index contributed by atoms with van der Waals surface area (Å²) in [6.45, 7) is 5.70. The second kappa shape index (κ2) is 3.92. The lowest BCUT2D eigenvalue weighted by atomic mass is 10.2. The van der Waals surface area contributed by atoms with Gasteiger partial charge in [-0.25, -0.2) is 0 Å². The van der Waals surface area contributed by atoms with Crippen LogP contribution in [0.5, 0.6) is 0 Å². The molecule has 0 aliphatic rings. The van der Waals surface area contributed by atoms with Crippen LogP contribution in [0.25, 0.3) is 0 Å². The molecule has 5 nitrogen and oxygen atoms in total. The second-order valence-corrected chi connectivity index (χ2v) is 3.98. The van der Waals surface area contributed by atoms with Crippen LogP contribution in [0.4, 0.5) is 5.69 Å². The highest BCUT2D eigenvalue weighted by Crippen LogP contribution is 2.17. The van der Waals surface area contributed by atoms with Crippen molar-refractivity contribution >= 4 is 11.6 Å². The van der Waals surface area contributed by atoms with Crippen molar-refractivity contribution in [3.8, 4) is 0 Å². The second-order valence-electron chi connectivity index (χ2n) is 3.98. The third-order valence-electron chi connectivity index (χ3n) is 2.57. The summed E-state index contributed by atoms with van der Waals surface area (Å²) in [5.74, 6) is -0.0920. The molecule has 1 rings (SSSR count). The maximum atomic E-state index is 12.0. The summed E-state index contributed by atoms with van der Waals surface area (Å²) in [7, 11) is 3.49. The number of rotatable bonds is 2. The fraction of sp³-hybridized carbons (Fsp3) is 0.600. The van der Waals surface area contributed by atoms with E-state index >= 15 is 0 Å². The lowest BCUT2D eigenvalue weighted by Crippen LogP contribution is -2.34. The van der Waals surface area contributed by atoms with Crippen LogP contribution in [-0.4, -0.2) is 33.7 Å². The molecule has 5 heteroatoms. The molecule has 0 aromatic carbocycles. The summed E-state index contributed by atoms with van der Waals surface area (Å²) in [5.41, 5.74) is 7.43. The number of nitrogen functional groups attached to an aromatic ring is 1. The predicted octanol–water partition coefficient (Wildman–Crippen LogP) is 0.791. The Balaban J connectivity index is 3.11. The molecular weight excluding hydrogens is 192 g/mol. The molecule has 1 amide bonds. The first-order valence-electron chi connectivity index (χ1n) is 4.92. The van der Waals surface area contributed by atoms with Crippen LogP contribution in [0.2, 0.25) is 0 Å². The van der Waals surface area contributed by atoms with Gasteiger partial charge in [-0.3, -0.25) is 9.48 Å². The number of aryl methyl sites for hydroxylation is 2. The molecule has 0 unspecified atom stereocenters. The Hall–Kier alpha value is -1.52. The van der Waals surface area contributed by atoms with Crippen LogP contribution in [0.1, 0.15) is 30.0 Å². The van der Waals surface area contributed by atoms with E-state index in [1.54, 1.807) is 25.9 Å². The number of carbonyl (C=O) groups is 1. The minimum Gasteiger partial charge on any atom is -0.395 e. The Morgan fingerprint density at radius 3 is 2.40 bits per heavy atom. The van der Waals surface area contributed by atoms with E-state index in [0.717, 1.165) is 0 Å². The quantitative estimate of drug-likeness (QED) is 0.785. The van der Waals surface area contributed by atoms with Crippen molar-refractivity contribution in [1.82, 2.24) is 14.7 Å². The first-order valence-corrected chi connectivity index (χ1v) is 4.92. The minimum atomic E-state index is -0.0920. The van der Waals surface area contributed by atoms with Crippen molar-refractivity contribution in [2.24, 2.45) is 7.05 Å². The molecule has 1 aromatic rings.